The van der Waals surface area contributed by atoms with Gasteiger partial charge in [-0.1, -0.05) is 11.8 Å². The fourth-order valence-corrected chi connectivity index (χ4v) is 2.23. The molecule has 0 aliphatic carbocycles. The third-order valence-electron chi connectivity index (χ3n) is 2.23. The molecule has 0 spiro atoms. The van der Waals surface area contributed by atoms with E-state index in [0.717, 1.165) is 10.7 Å². The number of thioether (sulfide) groups is 1. The number of nitrogens with two attached hydrogens (primary N) is 1. The lowest BCUT2D eigenvalue weighted by Gasteiger charge is -2.10. The molecular weight excluding hydrogens is 222 g/mol. The highest BCUT2D eigenvalue weighted by Gasteiger charge is 2.11. The van der Waals surface area contributed by atoms with Crippen molar-refractivity contribution >= 4 is 17.6 Å². The molecule has 0 radical (unpaired) electrons. The van der Waals surface area contributed by atoms with E-state index in [1.165, 1.54) is 0 Å². The topological polar surface area (TPSA) is 69.6 Å². The second-order valence-corrected chi connectivity index (χ2v) is 4.81. The minimum Gasteiger partial charge on any atom is -0.384 e. The molecule has 0 aliphatic rings. The first-order valence-corrected chi connectivity index (χ1v) is 5.77. The highest BCUT2D eigenvalue weighted by atomic mass is 32.2. The van der Waals surface area contributed by atoms with Gasteiger partial charge in [-0.2, -0.15) is 0 Å². The van der Waals surface area contributed by atoms with Crippen LogP contribution >= 0.6 is 11.8 Å². The van der Waals surface area contributed by atoms with Crippen LogP contribution in [0, 0.1) is 0 Å². The summed E-state index contributed by atoms with van der Waals surface area (Å²) in [6, 6.07) is 3.85. The Hall–Kier alpha value is -1.56. The molecule has 0 aromatic carbocycles. The lowest BCUT2D eigenvalue weighted by molar-refractivity contribution is 0.785. The molecule has 84 valence electrons. The number of hydrogen-bond acceptors (Lipinski definition) is 5. The average Bonchev–Trinajstić information content (AvgIpc) is 2.64. The van der Waals surface area contributed by atoms with E-state index < -0.39 is 0 Å². The van der Waals surface area contributed by atoms with Crippen LogP contribution in [0.1, 0.15) is 17.7 Å². The maximum Gasteiger partial charge on any atom is 0.191 e. The quantitative estimate of drug-likeness (QED) is 0.819. The monoisotopic (exact) mass is 235 g/mol. The Kier molecular flexibility index (Phi) is 3.09. The molecule has 0 unspecified atom stereocenters. The molecule has 2 heterocycles. The molecular formula is C10H13N5S. The number of pyridine rings is 1. The summed E-state index contributed by atoms with van der Waals surface area (Å²) < 4.78 is 1.89. The first kappa shape index (κ1) is 10.9. The number of anilines is 1. The van der Waals surface area contributed by atoms with Crippen molar-refractivity contribution in [1.29, 1.82) is 0 Å². The van der Waals surface area contributed by atoms with Crippen molar-refractivity contribution in [2.24, 2.45) is 7.05 Å². The van der Waals surface area contributed by atoms with Gasteiger partial charge in [-0.15, -0.1) is 10.2 Å². The fourth-order valence-electron chi connectivity index (χ4n) is 1.32. The smallest absolute Gasteiger partial charge is 0.191 e. The van der Waals surface area contributed by atoms with Gasteiger partial charge in [-0.25, -0.2) is 4.98 Å². The zero-order valence-electron chi connectivity index (χ0n) is 9.16. The third kappa shape index (κ3) is 2.33. The largest absolute Gasteiger partial charge is 0.384 e. The molecule has 2 aromatic heterocycles. The summed E-state index contributed by atoms with van der Waals surface area (Å²) in [5.41, 5.74) is 6.79. The number of nitrogens with zero attached hydrogens (tertiary/aromatic N) is 4. The summed E-state index contributed by atoms with van der Waals surface area (Å²) >= 11 is 1.64. The van der Waals surface area contributed by atoms with Gasteiger partial charge in [0.05, 0.1) is 0 Å². The molecule has 0 aliphatic heterocycles. The van der Waals surface area contributed by atoms with E-state index in [1.807, 2.05) is 23.7 Å². The number of hydrogen-bond donors (Lipinski definition) is 1. The molecule has 0 fully saturated rings. The molecule has 0 saturated heterocycles. The Morgan fingerprint density at radius 3 is 2.94 bits per heavy atom. The molecule has 2 aromatic rings. The molecule has 0 saturated carbocycles. The van der Waals surface area contributed by atoms with Gasteiger partial charge in [0.25, 0.3) is 0 Å². The molecule has 5 nitrogen and oxygen atoms in total. The summed E-state index contributed by atoms with van der Waals surface area (Å²) in [7, 11) is 1.93. The standard InChI is InChI=1S/C10H13N5S/c1-7(8-3-4-12-9(11)5-8)16-10-14-13-6-15(10)2/h3-7H,1-2H3,(H2,11,12)/t7-/m0/s1. The maximum absolute atomic E-state index is 5.65. The van der Waals surface area contributed by atoms with Crippen molar-refractivity contribution in [3.05, 3.63) is 30.2 Å². The van der Waals surface area contributed by atoms with E-state index in [1.54, 1.807) is 24.3 Å². The van der Waals surface area contributed by atoms with Crippen LogP contribution in [-0.4, -0.2) is 19.7 Å². The van der Waals surface area contributed by atoms with E-state index in [2.05, 4.69) is 22.1 Å². The zero-order valence-corrected chi connectivity index (χ0v) is 9.98. The highest BCUT2D eigenvalue weighted by Crippen LogP contribution is 2.33. The van der Waals surface area contributed by atoms with Crippen LogP contribution in [0.15, 0.2) is 29.8 Å². The highest BCUT2D eigenvalue weighted by molar-refractivity contribution is 7.99. The second-order valence-electron chi connectivity index (χ2n) is 3.50. The maximum atomic E-state index is 5.65. The first-order chi connectivity index (χ1) is 7.66. The zero-order chi connectivity index (χ0) is 11.5. The first-order valence-electron chi connectivity index (χ1n) is 4.89. The van der Waals surface area contributed by atoms with Crippen molar-refractivity contribution in [1.82, 2.24) is 19.7 Å². The summed E-state index contributed by atoms with van der Waals surface area (Å²) in [4.78, 5) is 3.97. The van der Waals surface area contributed by atoms with Crippen molar-refractivity contribution in [2.45, 2.75) is 17.3 Å². The van der Waals surface area contributed by atoms with Crippen LogP contribution in [0.25, 0.3) is 0 Å². The van der Waals surface area contributed by atoms with Crippen molar-refractivity contribution in [3.8, 4) is 0 Å². The Labute approximate surface area is 98.1 Å². The fraction of sp³-hybridized carbons (Fsp3) is 0.300. The van der Waals surface area contributed by atoms with E-state index in [4.69, 9.17) is 5.73 Å². The Morgan fingerprint density at radius 2 is 2.31 bits per heavy atom. The molecule has 2 N–H and O–H groups in total. The average molecular weight is 235 g/mol. The normalized spacial score (nSPS) is 12.6. The Balaban J connectivity index is 2.14. The predicted molar refractivity (Wildman–Crippen MR) is 63.9 cm³/mol. The van der Waals surface area contributed by atoms with Gasteiger partial charge in [0.2, 0.25) is 0 Å². The van der Waals surface area contributed by atoms with E-state index in [0.29, 0.717) is 5.82 Å². The van der Waals surface area contributed by atoms with Gasteiger partial charge in [-0.05, 0) is 24.6 Å². The van der Waals surface area contributed by atoms with Crippen LogP contribution in [0.2, 0.25) is 0 Å². The number of aryl methyl sites for hydroxylation is 1. The van der Waals surface area contributed by atoms with Gasteiger partial charge in [0.15, 0.2) is 5.16 Å². The SMILES string of the molecule is C[C@H](Sc1nncn1C)c1ccnc(N)c1. The summed E-state index contributed by atoms with van der Waals surface area (Å²) in [6.45, 7) is 2.11. The number of rotatable bonds is 3. The number of nitrogen functional groups attached to an aromatic ring is 1. The second kappa shape index (κ2) is 4.52. The summed E-state index contributed by atoms with van der Waals surface area (Å²) in [5.74, 6) is 0.544. The minimum absolute atomic E-state index is 0.271. The van der Waals surface area contributed by atoms with Gasteiger partial charge < -0.3 is 10.3 Å². The van der Waals surface area contributed by atoms with E-state index in [9.17, 15) is 0 Å². The Morgan fingerprint density at radius 1 is 1.50 bits per heavy atom. The van der Waals surface area contributed by atoms with Crippen molar-refractivity contribution in [2.75, 3.05) is 5.73 Å². The van der Waals surface area contributed by atoms with E-state index >= 15 is 0 Å². The van der Waals surface area contributed by atoms with Crippen LogP contribution in [0.5, 0.6) is 0 Å². The third-order valence-corrected chi connectivity index (χ3v) is 3.43. The van der Waals surface area contributed by atoms with E-state index in [-0.39, 0.29) is 5.25 Å². The van der Waals surface area contributed by atoms with Crippen LogP contribution in [0.4, 0.5) is 5.82 Å². The van der Waals surface area contributed by atoms with Crippen LogP contribution in [0.3, 0.4) is 0 Å². The van der Waals surface area contributed by atoms with Crippen molar-refractivity contribution in [3.63, 3.8) is 0 Å². The lowest BCUT2D eigenvalue weighted by atomic mass is 10.2. The minimum atomic E-state index is 0.271. The molecule has 2 rings (SSSR count). The summed E-state index contributed by atoms with van der Waals surface area (Å²) in [5, 5.41) is 9.04. The molecule has 0 bridgehead atoms. The van der Waals surface area contributed by atoms with Crippen molar-refractivity contribution < 1.29 is 0 Å². The van der Waals surface area contributed by atoms with Crippen LogP contribution in [-0.2, 0) is 7.05 Å². The number of aromatic nitrogens is 4. The van der Waals surface area contributed by atoms with Gasteiger partial charge >= 0.3 is 0 Å². The van der Waals surface area contributed by atoms with Gasteiger partial charge in [-0.3, -0.25) is 0 Å². The summed E-state index contributed by atoms with van der Waals surface area (Å²) in [6.07, 6.45) is 3.41. The molecule has 16 heavy (non-hydrogen) atoms. The predicted octanol–water partition coefficient (Wildman–Crippen LogP) is 1.65. The Bertz CT molecular complexity index is 482. The lowest BCUT2D eigenvalue weighted by Crippen LogP contribution is -1.96. The van der Waals surface area contributed by atoms with Gasteiger partial charge in [0.1, 0.15) is 12.1 Å². The molecule has 0 amide bonds. The van der Waals surface area contributed by atoms with Gasteiger partial charge in [0, 0.05) is 18.5 Å². The van der Waals surface area contributed by atoms with Crippen LogP contribution < -0.4 is 5.73 Å². The molecule has 6 heteroatoms. The molecule has 1 atom stereocenters.